The van der Waals surface area contributed by atoms with Crippen LogP contribution in [0.2, 0.25) is 0 Å². The highest BCUT2D eigenvalue weighted by Crippen LogP contribution is 2.05. The van der Waals surface area contributed by atoms with Crippen LogP contribution in [0.15, 0.2) is 36.5 Å². The fourth-order valence-corrected chi connectivity index (χ4v) is 2.10. The van der Waals surface area contributed by atoms with E-state index < -0.39 is 0 Å². The van der Waals surface area contributed by atoms with Crippen LogP contribution < -0.4 is 5.73 Å². The van der Waals surface area contributed by atoms with Crippen molar-refractivity contribution < 1.29 is 4.79 Å². The Labute approximate surface area is 124 Å². The fourth-order valence-electron chi connectivity index (χ4n) is 2.10. The van der Waals surface area contributed by atoms with Crippen molar-refractivity contribution >= 4 is 5.91 Å². The van der Waals surface area contributed by atoms with Crippen LogP contribution >= 0.6 is 0 Å². The normalized spacial score (nSPS) is 10.6. The number of carbonyl (C=O) groups is 1. The number of nitrogens with two attached hydrogens (primary N) is 1. The van der Waals surface area contributed by atoms with E-state index in [1.807, 2.05) is 37.3 Å². The number of hydrogen-bond donors (Lipinski definition) is 1. The Morgan fingerprint density at radius 1 is 1.33 bits per heavy atom. The van der Waals surface area contributed by atoms with Gasteiger partial charge in [0.25, 0.3) is 0 Å². The molecule has 2 aromatic rings. The molecule has 0 fully saturated rings. The van der Waals surface area contributed by atoms with Gasteiger partial charge in [-0.25, -0.2) is 4.68 Å². The van der Waals surface area contributed by atoms with E-state index in [0.29, 0.717) is 26.1 Å². The second-order valence-electron chi connectivity index (χ2n) is 4.84. The van der Waals surface area contributed by atoms with E-state index >= 15 is 0 Å². The molecule has 21 heavy (non-hydrogen) atoms. The molecule has 2 rings (SSSR count). The summed E-state index contributed by atoms with van der Waals surface area (Å²) in [6.45, 7) is 3.99. The summed E-state index contributed by atoms with van der Waals surface area (Å²) in [5.41, 5.74) is 7.41. The van der Waals surface area contributed by atoms with E-state index in [-0.39, 0.29) is 12.5 Å². The number of rotatable bonds is 7. The molecule has 0 atom stereocenters. The Bertz CT molecular complexity index is 566. The number of benzene rings is 1. The zero-order valence-corrected chi connectivity index (χ0v) is 12.3. The Morgan fingerprint density at radius 2 is 2.10 bits per heavy atom. The zero-order chi connectivity index (χ0) is 15.1. The van der Waals surface area contributed by atoms with Gasteiger partial charge >= 0.3 is 0 Å². The highest BCUT2D eigenvalue weighted by molar-refractivity contribution is 5.75. The van der Waals surface area contributed by atoms with Gasteiger partial charge in [-0.1, -0.05) is 35.5 Å². The Hall–Kier alpha value is -2.21. The highest BCUT2D eigenvalue weighted by Gasteiger charge is 2.13. The second kappa shape index (κ2) is 7.54. The van der Waals surface area contributed by atoms with Gasteiger partial charge in [0, 0.05) is 25.7 Å². The first-order chi connectivity index (χ1) is 10.2. The summed E-state index contributed by atoms with van der Waals surface area (Å²) in [6, 6.07) is 9.96. The first kappa shape index (κ1) is 15.2. The van der Waals surface area contributed by atoms with Crippen molar-refractivity contribution in [1.29, 1.82) is 0 Å². The lowest BCUT2D eigenvalue weighted by Gasteiger charge is -2.20. The number of nitrogens with zero attached hydrogens (tertiary/aromatic N) is 4. The molecular formula is C15H21N5O. The third kappa shape index (κ3) is 4.39. The topological polar surface area (TPSA) is 77.0 Å². The Kier molecular flexibility index (Phi) is 5.45. The average Bonchev–Trinajstić information content (AvgIpc) is 2.93. The largest absolute Gasteiger partial charge is 0.337 e. The number of amides is 1. The highest BCUT2D eigenvalue weighted by atomic mass is 16.2. The van der Waals surface area contributed by atoms with E-state index in [1.165, 1.54) is 0 Å². The molecule has 0 bridgehead atoms. The summed E-state index contributed by atoms with van der Waals surface area (Å²) >= 11 is 0. The Morgan fingerprint density at radius 3 is 2.76 bits per heavy atom. The number of aromatic nitrogens is 3. The van der Waals surface area contributed by atoms with Crippen molar-refractivity contribution in [2.45, 2.75) is 26.4 Å². The minimum Gasteiger partial charge on any atom is -0.337 e. The maximum Gasteiger partial charge on any atom is 0.244 e. The summed E-state index contributed by atoms with van der Waals surface area (Å²) in [5.74, 6) is 0.0329. The molecule has 0 saturated heterocycles. The van der Waals surface area contributed by atoms with E-state index in [1.54, 1.807) is 15.8 Å². The number of hydrogen-bond acceptors (Lipinski definition) is 4. The predicted octanol–water partition coefficient (Wildman–Crippen LogP) is 0.828. The predicted molar refractivity (Wildman–Crippen MR) is 80.3 cm³/mol. The van der Waals surface area contributed by atoms with Crippen molar-refractivity contribution in [2.24, 2.45) is 5.73 Å². The molecule has 1 aromatic heterocycles. The van der Waals surface area contributed by atoms with Crippen molar-refractivity contribution in [3.8, 4) is 0 Å². The quantitative estimate of drug-likeness (QED) is 0.818. The SMILES string of the molecule is CCN(Cc1ccccc1)C(=O)Cn1cc(CCN)nn1. The van der Waals surface area contributed by atoms with Crippen LogP contribution in [0.5, 0.6) is 0 Å². The molecule has 0 aliphatic carbocycles. The summed E-state index contributed by atoms with van der Waals surface area (Å²) < 4.78 is 1.57. The average molecular weight is 287 g/mol. The van der Waals surface area contributed by atoms with E-state index in [9.17, 15) is 4.79 Å². The van der Waals surface area contributed by atoms with Crippen LogP contribution in [0, 0.1) is 0 Å². The molecule has 112 valence electrons. The van der Waals surface area contributed by atoms with Gasteiger partial charge < -0.3 is 10.6 Å². The number of likely N-dealkylation sites (N-methyl/N-ethyl adjacent to an activating group) is 1. The molecule has 0 unspecified atom stereocenters. The lowest BCUT2D eigenvalue weighted by Crippen LogP contribution is -2.33. The molecule has 0 aliphatic heterocycles. The molecule has 0 radical (unpaired) electrons. The smallest absolute Gasteiger partial charge is 0.244 e. The van der Waals surface area contributed by atoms with Crippen LogP contribution in [0.25, 0.3) is 0 Å². The molecule has 0 saturated carbocycles. The van der Waals surface area contributed by atoms with Gasteiger partial charge in [-0.3, -0.25) is 4.79 Å². The lowest BCUT2D eigenvalue weighted by molar-refractivity contribution is -0.132. The molecule has 2 N–H and O–H groups in total. The lowest BCUT2D eigenvalue weighted by atomic mass is 10.2. The monoisotopic (exact) mass is 287 g/mol. The van der Waals surface area contributed by atoms with Crippen molar-refractivity contribution in [1.82, 2.24) is 19.9 Å². The summed E-state index contributed by atoms with van der Waals surface area (Å²) in [7, 11) is 0. The molecule has 0 spiro atoms. The van der Waals surface area contributed by atoms with Crippen LogP contribution in [-0.4, -0.2) is 38.9 Å². The second-order valence-corrected chi connectivity index (χ2v) is 4.84. The van der Waals surface area contributed by atoms with Gasteiger partial charge in [-0.2, -0.15) is 0 Å². The minimum absolute atomic E-state index is 0.0329. The van der Waals surface area contributed by atoms with Crippen LogP contribution in [0.1, 0.15) is 18.2 Å². The van der Waals surface area contributed by atoms with Gasteiger partial charge in [0.2, 0.25) is 5.91 Å². The van der Waals surface area contributed by atoms with Crippen molar-refractivity contribution in [3.63, 3.8) is 0 Å². The van der Waals surface area contributed by atoms with Crippen LogP contribution in [-0.2, 0) is 24.3 Å². The minimum atomic E-state index is 0.0329. The van der Waals surface area contributed by atoms with Gasteiger partial charge in [0.1, 0.15) is 6.54 Å². The summed E-state index contributed by atoms with van der Waals surface area (Å²) in [4.78, 5) is 14.1. The first-order valence-electron chi connectivity index (χ1n) is 7.13. The molecule has 0 aliphatic rings. The maximum atomic E-state index is 12.3. The van der Waals surface area contributed by atoms with Gasteiger partial charge in [0.05, 0.1) is 5.69 Å². The maximum absolute atomic E-state index is 12.3. The zero-order valence-electron chi connectivity index (χ0n) is 12.3. The third-order valence-corrected chi connectivity index (χ3v) is 3.23. The number of carbonyl (C=O) groups excluding carboxylic acids is 1. The fraction of sp³-hybridized carbons (Fsp3) is 0.400. The molecule has 6 heteroatoms. The molecule has 1 heterocycles. The van der Waals surface area contributed by atoms with Crippen LogP contribution in [0.3, 0.4) is 0 Å². The summed E-state index contributed by atoms with van der Waals surface area (Å²) in [6.07, 6.45) is 2.46. The molecule has 1 amide bonds. The van der Waals surface area contributed by atoms with E-state index in [2.05, 4.69) is 10.3 Å². The Balaban J connectivity index is 1.96. The molecule has 6 nitrogen and oxygen atoms in total. The van der Waals surface area contributed by atoms with Gasteiger partial charge in [-0.15, -0.1) is 5.10 Å². The molecular weight excluding hydrogens is 266 g/mol. The van der Waals surface area contributed by atoms with Crippen LogP contribution in [0.4, 0.5) is 0 Å². The standard InChI is InChI=1S/C15H21N5O/c1-2-19(10-13-6-4-3-5-7-13)15(21)12-20-11-14(8-9-16)17-18-20/h3-7,11H,2,8-10,12,16H2,1H3. The van der Waals surface area contributed by atoms with E-state index in [4.69, 9.17) is 5.73 Å². The summed E-state index contributed by atoms with van der Waals surface area (Å²) in [5, 5.41) is 7.95. The molecule has 1 aromatic carbocycles. The van der Waals surface area contributed by atoms with Gasteiger partial charge in [-0.05, 0) is 19.0 Å². The third-order valence-electron chi connectivity index (χ3n) is 3.23. The van der Waals surface area contributed by atoms with Crippen molar-refractivity contribution in [3.05, 3.63) is 47.8 Å². The van der Waals surface area contributed by atoms with Gasteiger partial charge in [0.15, 0.2) is 0 Å². The van der Waals surface area contributed by atoms with Crippen molar-refractivity contribution in [2.75, 3.05) is 13.1 Å². The van der Waals surface area contributed by atoms with E-state index in [0.717, 1.165) is 11.3 Å². The first-order valence-corrected chi connectivity index (χ1v) is 7.13.